The molecule has 3 N–H and O–H groups in total. The van der Waals surface area contributed by atoms with Gasteiger partial charge in [0, 0.05) is 21.5 Å². The van der Waals surface area contributed by atoms with Gasteiger partial charge in [-0.25, -0.2) is 14.2 Å². The van der Waals surface area contributed by atoms with E-state index in [2.05, 4.69) is 15.6 Å². The average Bonchev–Trinajstić information content (AvgIpc) is 3.34. The number of amides is 2. The van der Waals surface area contributed by atoms with Crippen LogP contribution < -0.4 is 10.6 Å². The first-order valence-electron chi connectivity index (χ1n) is 10.7. The number of rotatable bonds is 8. The van der Waals surface area contributed by atoms with Gasteiger partial charge in [-0.15, -0.1) is 23.1 Å². The molecule has 0 aliphatic rings. The summed E-state index contributed by atoms with van der Waals surface area (Å²) < 4.78 is 13.1. The Kier molecular flexibility index (Phi) is 7.77. The van der Waals surface area contributed by atoms with Crippen LogP contribution in [0.4, 0.5) is 15.2 Å². The van der Waals surface area contributed by atoms with Crippen LogP contribution in [-0.2, 0) is 4.79 Å². The van der Waals surface area contributed by atoms with Gasteiger partial charge < -0.3 is 15.7 Å². The molecule has 0 bridgehead atoms. The van der Waals surface area contributed by atoms with Crippen LogP contribution in [0.3, 0.4) is 0 Å². The summed E-state index contributed by atoms with van der Waals surface area (Å²) >= 11 is 2.62. The van der Waals surface area contributed by atoms with Gasteiger partial charge in [0.1, 0.15) is 5.82 Å². The molecule has 10 heteroatoms. The Labute approximate surface area is 214 Å². The van der Waals surface area contributed by atoms with Crippen LogP contribution in [0.1, 0.15) is 27.6 Å². The third-order valence-corrected chi connectivity index (χ3v) is 6.94. The number of aromatic nitrogens is 1. The molecule has 1 aromatic heterocycles. The van der Waals surface area contributed by atoms with Gasteiger partial charge >= 0.3 is 5.97 Å². The van der Waals surface area contributed by atoms with E-state index in [4.69, 9.17) is 0 Å². The number of carboxylic acid groups (broad SMARTS) is 1. The number of hydrogen-bond acceptors (Lipinski definition) is 6. The van der Waals surface area contributed by atoms with Crippen molar-refractivity contribution in [3.63, 3.8) is 0 Å². The van der Waals surface area contributed by atoms with E-state index in [1.807, 2.05) is 0 Å². The number of nitrogens with zero attached hydrogens (tertiary/aromatic N) is 1. The van der Waals surface area contributed by atoms with Crippen molar-refractivity contribution in [2.45, 2.75) is 17.1 Å². The largest absolute Gasteiger partial charge is 0.478 e. The Morgan fingerprint density at radius 1 is 0.944 bits per heavy atom. The number of anilines is 2. The average molecular weight is 522 g/mol. The van der Waals surface area contributed by atoms with E-state index in [9.17, 15) is 23.9 Å². The zero-order valence-corrected chi connectivity index (χ0v) is 20.5. The van der Waals surface area contributed by atoms with E-state index in [0.717, 1.165) is 10.5 Å². The standard InChI is InChI=1S/C26H20FN3O4S2/c1-15(23(31)30-26-29-22(14-35-26)16-6-8-17(27)9-7-16)36-19-12-10-18(11-13-19)28-24(32)20-4-2-3-5-21(20)25(33)34/h2-15H,1H3,(H,28,32)(H,33,34)(H,29,30,31). The molecule has 7 nitrogen and oxygen atoms in total. The first kappa shape index (κ1) is 25.1. The van der Waals surface area contributed by atoms with E-state index in [1.54, 1.807) is 60.8 Å². The van der Waals surface area contributed by atoms with E-state index >= 15 is 0 Å². The van der Waals surface area contributed by atoms with Gasteiger partial charge in [0.2, 0.25) is 5.91 Å². The lowest BCUT2D eigenvalue weighted by molar-refractivity contribution is -0.115. The van der Waals surface area contributed by atoms with E-state index in [1.165, 1.54) is 47.4 Å². The molecule has 1 atom stereocenters. The van der Waals surface area contributed by atoms with Crippen molar-refractivity contribution in [3.8, 4) is 11.3 Å². The Morgan fingerprint density at radius 2 is 1.61 bits per heavy atom. The van der Waals surface area contributed by atoms with Gasteiger partial charge in [-0.05, 0) is 67.6 Å². The summed E-state index contributed by atoms with van der Waals surface area (Å²) in [6.07, 6.45) is 0. The summed E-state index contributed by atoms with van der Waals surface area (Å²) in [4.78, 5) is 41.7. The molecule has 1 heterocycles. The number of thiazole rings is 1. The summed E-state index contributed by atoms with van der Waals surface area (Å²) in [7, 11) is 0. The van der Waals surface area contributed by atoms with Crippen LogP contribution >= 0.6 is 23.1 Å². The van der Waals surface area contributed by atoms with Crippen molar-refractivity contribution in [3.05, 3.63) is 95.1 Å². The topological polar surface area (TPSA) is 108 Å². The highest BCUT2D eigenvalue weighted by molar-refractivity contribution is 8.00. The highest BCUT2D eigenvalue weighted by Gasteiger charge is 2.18. The number of halogens is 1. The molecule has 182 valence electrons. The fraction of sp³-hybridized carbons (Fsp3) is 0.0769. The third-order valence-electron chi connectivity index (χ3n) is 5.07. The molecule has 4 rings (SSSR count). The molecule has 4 aromatic rings. The second-order valence-corrected chi connectivity index (χ2v) is 9.90. The molecule has 0 aliphatic carbocycles. The van der Waals surface area contributed by atoms with Crippen molar-refractivity contribution >= 4 is 51.7 Å². The quantitative estimate of drug-likeness (QED) is 0.245. The Bertz CT molecular complexity index is 1410. The molecule has 0 saturated carbocycles. The number of carbonyl (C=O) groups is 3. The minimum absolute atomic E-state index is 0.0681. The predicted molar refractivity (Wildman–Crippen MR) is 139 cm³/mol. The van der Waals surface area contributed by atoms with Crippen molar-refractivity contribution < 1.29 is 23.9 Å². The highest BCUT2D eigenvalue weighted by Crippen LogP contribution is 2.28. The van der Waals surface area contributed by atoms with Crippen molar-refractivity contribution in [2.75, 3.05) is 10.6 Å². The molecule has 2 amide bonds. The van der Waals surface area contributed by atoms with Crippen molar-refractivity contribution in [2.24, 2.45) is 0 Å². The van der Waals surface area contributed by atoms with Gasteiger partial charge in [-0.1, -0.05) is 12.1 Å². The molecule has 0 spiro atoms. The van der Waals surface area contributed by atoms with E-state index in [0.29, 0.717) is 16.5 Å². The molecular formula is C26H20FN3O4S2. The maximum Gasteiger partial charge on any atom is 0.336 e. The maximum atomic E-state index is 13.1. The lowest BCUT2D eigenvalue weighted by atomic mass is 10.1. The molecule has 0 aliphatic heterocycles. The van der Waals surface area contributed by atoms with Gasteiger partial charge in [0.05, 0.1) is 22.1 Å². The maximum absolute atomic E-state index is 13.1. The lowest BCUT2D eigenvalue weighted by Crippen LogP contribution is -2.22. The SMILES string of the molecule is CC(Sc1ccc(NC(=O)c2ccccc2C(=O)O)cc1)C(=O)Nc1nc(-c2ccc(F)cc2)cs1. The van der Waals surface area contributed by atoms with Gasteiger partial charge in [-0.2, -0.15) is 0 Å². The van der Waals surface area contributed by atoms with Crippen molar-refractivity contribution in [1.82, 2.24) is 4.98 Å². The Morgan fingerprint density at radius 3 is 2.28 bits per heavy atom. The molecular weight excluding hydrogens is 501 g/mol. The first-order valence-corrected chi connectivity index (χ1v) is 12.5. The summed E-state index contributed by atoms with van der Waals surface area (Å²) in [5.74, 6) is -2.25. The second kappa shape index (κ2) is 11.1. The number of thioether (sulfide) groups is 1. The monoisotopic (exact) mass is 521 g/mol. The van der Waals surface area contributed by atoms with Crippen LogP contribution in [0.2, 0.25) is 0 Å². The number of aromatic carboxylic acids is 1. The first-order chi connectivity index (χ1) is 17.3. The van der Waals surface area contributed by atoms with Crippen LogP contribution in [0.15, 0.2) is 83.1 Å². The fourth-order valence-electron chi connectivity index (χ4n) is 3.23. The highest BCUT2D eigenvalue weighted by atomic mass is 32.2. The predicted octanol–water partition coefficient (Wildman–Crippen LogP) is 6.02. The fourth-order valence-corrected chi connectivity index (χ4v) is 4.82. The second-order valence-electron chi connectivity index (χ2n) is 7.62. The van der Waals surface area contributed by atoms with Crippen LogP contribution in [0.25, 0.3) is 11.3 Å². The van der Waals surface area contributed by atoms with Crippen molar-refractivity contribution in [1.29, 1.82) is 0 Å². The zero-order valence-electron chi connectivity index (χ0n) is 18.9. The third kappa shape index (κ3) is 6.15. The van der Waals surface area contributed by atoms with Gasteiger partial charge in [0.25, 0.3) is 5.91 Å². The summed E-state index contributed by atoms with van der Waals surface area (Å²) in [6.45, 7) is 1.77. The van der Waals surface area contributed by atoms with Gasteiger partial charge in [-0.3, -0.25) is 9.59 Å². The summed E-state index contributed by atoms with van der Waals surface area (Å²) in [5, 5.41) is 16.6. The minimum atomic E-state index is -1.18. The number of hydrogen-bond donors (Lipinski definition) is 3. The molecule has 1 unspecified atom stereocenters. The molecule has 36 heavy (non-hydrogen) atoms. The lowest BCUT2D eigenvalue weighted by Gasteiger charge is -2.12. The van der Waals surface area contributed by atoms with Crippen LogP contribution in [0, 0.1) is 5.82 Å². The van der Waals surface area contributed by atoms with E-state index < -0.39 is 17.1 Å². The summed E-state index contributed by atoms with van der Waals surface area (Å²) in [5.41, 5.74) is 1.90. The number of benzene rings is 3. The smallest absolute Gasteiger partial charge is 0.336 e. The van der Waals surface area contributed by atoms with Crippen LogP contribution in [-0.4, -0.2) is 33.1 Å². The normalized spacial score (nSPS) is 11.5. The molecule has 0 radical (unpaired) electrons. The molecule has 0 saturated heterocycles. The van der Waals surface area contributed by atoms with E-state index in [-0.39, 0.29) is 22.9 Å². The number of carbonyl (C=O) groups excluding carboxylic acids is 2. The minimum Gasteiger partial charge on any atom is -0.478 e. The molecule has 3 aromatic carbocycles. The molecule has 0 fully saturated rings. The number of nitrogens with one attached hydrogen (secondary N) is 2. The van der Waals surface area contributed by atoms with Gasteiger partial charge in [0.15, 0.2) is 5.13 Å². The zero-order chi connectivity index (χ0) is 25.7. The summed E-state index contributed by atoms with van der Waals surface area (Å²) in [6, 6.07) is 18.9. The Balaban J connectivity index is 1.33. The Hall–Kier alpha value is -4.02. The van der Waals surface area contributed by atoms with Crippen LogP contribution in [0.5, 0.6) is 0 Å². The number of carboxylic acids is 1.